The number of piperidine rings is 1. The second kappa shape index (κ2) is 4.95. The van der Waals surface area contributed by atoms with Crippen molar-refractivity contribution >= 4 is 5.91 Å². The highest BCUT2D eigenvalue weighted by Gasteiger charge is 2.62. The third-order valence-electron chi connectivity index (χ3n) is 7.51. The molecular weight excluding hydrogens is 302 g/mol. The van der Waals surface area contributed by atoms with Crippen LogP contribution in [0.1, 0.15) is 58.8 Å². The Morgan fingerprint density at radius 2 is 1.88 bits per heavy atom. The predicted octanol–water partition coefficient (Wildman–Crippen LogP) is 1.79. The lowest BCUT2D eigenvalue weighted by Crippen LogP contribution is -2.64. The fourth-order valence-electron chi connectivity index (χ4n) is 6.96. The minimum absolute atomic E-state index is 0. The summed E-state index contributed by atoms with van der Waals surface area (Å²) in [6.07, 6.45) is 7.48. The molecule has 1 heterocycles. The summed E-state index contributed by atoms with van der Waals surface area (Å²) in [5.74, 6) is 1.56. The topological polar surface area (TPSA) is 90.4 Å². The summed E-state index contributed by atoms with van der Waals surface area (Å²) in [5.41, 5.74) is 5.71. The number of carbonyl (C=O) groups excluding carboxylic acids is 1. The standard InChI is InChI=1S/C18H25N3O2.CH4/c19-8-13-2-12-3-14(12)21(13)16(22)15(20)17-4-10-1-11(5-17)7-18(23,6-10)9-17;/h10-15,23H,1-7,9,20H2;1H4/t10?,11?,12-,13+,14+,15-,17?,18?;/m1./s1. The number of nitrogens with two attached hydrogens (primary N) is 1. The van der Waals surface area contributed by atoms with Crippen LogP contribution in [0.5, 0.6) is 0 Å². The maximum atomic E-state index is 13.1. The van der Waals surface area contributed by atoms with Crippen LogP contribution in [0.2, 0.25) is 0 Å². The Bertz CT molecular complexity index is 598. The summed E-state index contributed by atoms with van der Waals surface area (Å²) < 4.78 is 0. The van der Waals surface area contributed by atoms with E-state index in [1.165, 1.54) is 6.42 Å². The molecule has 0 aromatic heterocycles. The lowest BCUT2D eigenvalue weighted by Gasteiger charge is -2.61. The quantitative estimate of drug-likeness (QED) is 0.807. The van der Waals surface area contributed by atoms with Crippen LogP contribution < -0.4 is 5.73 Å². The number of aliphatic hydroxyl groups is 1. The number of fused-ring (bicyclic) bond motifs is 1. The first-order valence-electron chi connectivity index (χ1n) is 9.13. The molecule has 5 nitrogen and oxygen atoms in total. The van der Waals surface area contributed by atoms with Gasteiger partial charge in [-0.2, -0.15) is 5.26 Å². The van der Waals surface area contributed by atoms with E-state index in [0.717, 1.165) is 38.5 Å². The van der Waals surface area contributed by atoms with E-state index in [-0.39, 0.29) is 30.8 Å². The molecule has 3 N–H and O–H groups in total. The lowest BCUT2D eigenvalue weighted by molar-refractivity contribution is -0.177. The number of hydrogen-bond donors (Lipinski definition) is 2. The Morgan fingerprint density at radius 3 is 2.46 bits per heavy atom. The van der Waals surface area contributed by atoms with Crippen LogP contribution in [0.25, 0.3) is 0 Å². The fourth-order valence-corrected chi connectivity index (χ4v) is 6.96. The van der Waals surface area contributed by atoms with Crippen LogP contribution >= 0.6 is 0 Å². The molecular formula is C19H29N3O2. The lowest BCUT2D eigenvalue weighted by atomic mass is 9.46. The van der Waals surface area contributed by atoms with Gasteiger partial charge in [-0.25, -0.2) is 0 Å². The van der Waals surface area contributed by atoms with Crippen molar-refractivity contribution in [1.82, 2.24) is 4.90 Å². The van der Waals surface area contributed by atoms with Crippen molar-refractivity contribution in [2.75, 3.05) is 0 Å². The molecule has 6 atom stereocenters. The zero-order valence-electron chi connectivity index (χ0n) is 13.4. The average Bonchev–Trinajstić information content (AvgIpc) is 3.14. The van der Waals surface area contributed by atoms with E-state index in [1.807, 2.05) is 0 Å². The Morgan fingerprint density at radius 1 is 1.21 bits per heavy atom. The van der Waals surface area contributed by atoms with Crippen LogP contribution in [-0.2, 0) is 4.79 Å². The van der Waals surface area contributed by atoms with Gasteiger partial charge in [-0.15, -0.1) is 0 Å². The Labute approximate surface area is 144 Å². The zero-order valence-corrected chi connectivity index (χ0v) is 13.4. The fraction of sp³-hybridized carbons (Fsp3) is 0.895. The summed E-state index contributed by atoms with van der Waals surface area (Å²) in [7, 11) is 0. The second-order valence-electron chi connectivity index (χ2n) is 9.21. The van der Waals surface area contributed by atoms with E-state index < -0.39 is 11.6 Å². The summed E-state index contributed by atoms with van der Waals surface area (Å²) in [6, 6.07) is 1.72. The number of nitrogens with zero attached hydrogens (tertiary/aromatic N) is 2. The van der Waals surface area contributed by atoms with Crippen molar-refractivity contribution in [3.8, 4) is 6.07 Å². The predicted molar refractivity (Wildman–Crippen MR) is 89.5 cm³/mol. The molecule has 5 heteroatoms. The molecule has 6 fully saturated rings. The largest absolute Gasteiger partial charge is 0.390 e. The summed E-state index contributed by atoms with van der Waals surface area (Å²) >= 11 is 0. The van der Waals surface area contributed by atoms with Gasteiger partial charge in [0.05, 0.1) is 17.7 Å². The van der Waals surface area contributed by atoms with Gasteiger partial charge in [-0.1, -0.05) is 7.43 Å². The number of amides is 1. The van der Waals surface area contributed by atoms with Gasteiger partial charge in [0.1, 0.15) is 6.04 Å². The minimum atomic E-state index is -0.594. The first-order chi connectivity index (χ1) is 10.9. The smallest absolute Gasteiger partial charge is 0.241 e. The molecule has 24 heavy (non-hydrogen) atoms. The van der Waals surface area contributed by atoms with E-state index in [1.54, 1.807) is 4.90 Å². The summed E-state index contributed by atoms with van der Waals surface area (Å²) in [5, 5.41) is 20.2. The van der Waals surface area contributed by atoms with Crippen molar-refractivity contribution in [2.24, 2.45) is 28.9 Å². The van der Waals surface area contributed by atoms with Crippen molar-refractivity contribution in [3.63, 3.8) is 0 Å². The van der Waals surface area contributed by atoms with Crippen molar-refractivity contribution in [3.05, 3.63) is 0 Å². The third kappa shape index (κ3) is 2.09. The molecule has 1 amide bonds. The Balaban J connectivity index is 0.00000146. The molecule has 1 aliphatic heterocycles. The normalized spacial score (nSPS) is 51.5. The van der Waals surface area contributed by atoms with E-state index in [0.29, 0.717) is 24.2 Å². The number of likely N-dealkylation sites (tertiary alicyclic amines) is 1. The second-order valence-corrected chi connectivity index (χ2v) is 9.21. The van der Waals surface area contributed by atoms with Crippen LogP contribution in [0.4, 0.5) is 0 Å². The average molecular weight is 331 g/mol. The molecule has 6 rings (SSSR count). The van der Waals surface area contributed by atoms with Crippen molar-refractivity contribution in [2.45, 2.75) is 82.5 Å². The number of nitriles is 1. The molecule has 5 saturated carbocycles. The van der Waals surface area contributed by atoms with E-state index >= 15 is 0 Å². The Kier molecular flexibility index (Phi) is 3.38. The van der Waals surface area contributed by atoms with E-state index in [2.05, 4.69) is 6.07 Å². The maximum absolute atomic E-state index is 13.1. The minimum Gasteiger partial charge on any atom is -0.390 e. The van der Waals surface area contributed by atoms with Gasteiger partial charge in [0, 0.05) is 6.04 Å². The molecule has 132 valence electrons. The highest BCUT2D eigenvalue weighted by molar-refractivity contribution is 5.84. The number of hydrogen-bond acceptors (Lipinski definition) is 4. The van der Waals surface area contributed by atoms with Crippen LogP contribution in [0.3, 0.4) is 0 Å². The number of carbonyl (C=O) groups is 1. The summed E-state index contributed by atoms with van der Waals surface area (Å²) in [4.78, 5) is 14.9. The first kappa shape index (κ1) is 16.4. The molecule has 0 radical (unpaired) electrons. The molecule has 5 aliphatic carbocycles. The van der Waals surface area contributed by atoms with Gasteiger partial charge >= 0.3 is 0 Å². The highest BCUT2D eigenvalue weighted by atomic mass is 16.3. The molecule has 6 aliphatic rings. The van der Waals surface area contributed by atoms with Gasteiger partial charge in [0.2, 0.25) is 5.91 Å². The van der Waals surface area contributed by atoms with E-state index in [4.69, 9.17) is 5.73 Å². The molecule has 0 aromatic carbocycles. The Hall–Kier alpha value is -1.12. The molecule has 1 saturated heterocycles. The van der Waals surface area contributed by atoms with Gasteiger partial charge in [-0.05, 0) is 74.5 Å². The van der Waals surface area contributed by atoms with Crippen molar-refractivity contribution in [1.29, 1.82) is 5.26 Å². The van der Waals surface area contributed by atoms with Gasteiger partial charge in [0.25, 0.3) is 0 Å². The van der Waals surface area contributed by atoms with Gasteiger partial charge in [-0.3, -0.25) is 4.79 Å². The monoisotopic (exact) mass is 331 g/mol. The zero-order chi connectivity index (χ0) is 16.0. The molecule has 0 aromatic rings. The highest BCUT2D eigenvalue weighted by Crippen LogP contribution is 2.63. The van der Waals surface area contributed by atoms with Crippen molar-refractivity contribution < 1.29 is 9.90 Å². The molecule has 0 spiro atoms. The number of rotatable bonds is 2. The SMILES string of the molecule is C.N#C[C@@H]1C[C@@H]2C[C@@H]2N1C(=O)[C@@H](N)C12CC3CC(CC(O)(C3)C1)C2. The van der Waals surface area contributed by atoms with Crippen LogP contribution in [0.15, 0.2) is 0 Å². The van der Waals surface area contributed by atoms with E-state index in [9.17, 15) is 15.2 Å². The molecule has 4 bridgehead atoms. The van der Waals surface area contributed by atoms with Crippen LogP contribution in [0, 0.1) is 34.5 Å². The summed E-state index contributed by atoms with van der Waals surface area (Å²) in [6.45, 7) is 0. The third-order valence-corrected chi connectivity index (χ3v) is 7.51. The maximum Gasteiger partial charge on any atom is 0.241 e. The van der Waals surface area contributed by atoms with Gasteiger partial charge in [0.15, 0.2) is 0 Å². The first-order valence-corrected chi connectivity index (χ1v) is 9.13. The molecule has 2 unspecified atom stereocenters. The van der Waals surface area contributed by atoms with Gasteiger partial charge < -0.3 is 15.7 Å². The van der Waals surface area contributed by atoms with Crippen LogP contribution in [-0.4, -0.2) is 39.6 Å².